The Balaban J connectivity index is 0.000000461. The Morgan fingerprint density at radius 3 is 2.21 bits per heavy atom. The second-order valence-electron chi connectivity index (χ2n) is 4.32. The van der Waals surface area contributed by atoms with Crippen molar-refractivity contribution >= 4 is 0 Å². The van der Waals surface area contributed by atoms with Crippen molar-refractivity contribution in [1.82, 2.24) is 10.2 Å². The molecule has 14 heavy (non-hydrogen) atoms. The van der Waals surface area contributed by atoms with Gasteiger partial charge in [0.05, 0.1) is 11.2 Å². The van der Waals surface area contributed by atoms with Crippen LogP contribution in [0.1, 0.15) is 26.7 Å². The maximum absolute atomic E-state index is 5.98. The fourth-order valence-electron chi connectivity index (χ4n) is 2.34. The van der Waals surface area contributed by atoms with Crippen molar-refractivity contribution in [2.24, 2.45) is 11.5 Å². The fourth-order valence-corrected chi connectivity index (χ4v) is 2.34. The SMILES string of the molecule is CC.CN1CCCC2(C1)NCC2(N)N. The van der Waals surface area contributed by atoms with Crippen LogP contribution in [0.4, 0.5) is 0 Å². The van der Waals surface area contributed by atoms with Crippen molar-refractivity contribution in [3.63, 3.8) is 0 Å². The second kappa shape index (κ2) is 4.14. The lowest BCUT2D eigenvalue weighted by Gasteiger charge is -2.59. The summed E-state index contributed by atoms with van der Waals surface area (Å²) in [6, 6.07) is 0. The summed E-state index contributed by atoms with van der Waals surface area (Å²) in [5.41, 5.74) is 11.5. The Hall–Kier alpha value is -0.160. The molecule has 2 saturated heterocycles. The predicted molar refractivity (Wildman–Crippen MR) is 59.9 cm³/mol. The molecule has 1 atom stereocenters. The Labute approximate surface area is 87.0 Å². The van der Waals surface area contributed by atoms with Gasteiger partial charge in [-0.15, -0.1) is 0 Å². The normalized spacial score (nSPS) is 35.8. The maximum atomic E-state index is 5.98. The third-order valence-corrected chi connectivity index (χ3v) is 3.29. The number of nitrogens with one attached hydrogen (secondary N) is 1. The minimum atomic E-state index is -0.484. The third-order valence-electron chi connectivity index (χ3n) is 3.29. The van der Waals surface area contributed by atoms with E-state index in [0.29, 0.717) is 0 Å². The van der Waals surface area contributed by atoms with Crippen molar-refractivity contribution in [2.75, 3.05) is 26.7 Å². The number of nitrogens with two attached hydrogens (primary N) is 2. The second-order valence-corrected chi connectivity index (χ2v) is 4.32. The number of likely N-dealkylation sites (N-methyl/N-ethyl adjacent to an activating group) is 1. The van der Waals surface area contributed by atoms with Crippen molar-refractivity contribution in [1.29, 1.82) is 0 Å². The van der Waals surface area contributed by atoms with Gasteiger partial charge in [-0.1, -0.05) is 13.8 Å². The van der Waals surface area contributed by atoms with E-state index in [0.717, 1.165) is 19.5 Å². The van der Waals surface area contributed by atoms with Crippen LogP contribution < -0.4 is 16.8 Å². The molecule has 4 nitrogen and oxygen atoms in total. The lowest BCUT2D eigenvalue weighted by molar-refractivity contribution is 0.00286. The van der Waals surface area contributed by atoms with Gasteiger partial charge in [0.15, 0.2) is 0 Å². The van der Waals surface area contributed by atoms with Gasteiger partial charge >= 0.3 is 0 Å². The average molecular weight is 200 g/mol. The molecule has 0 amide bonds. The highest BCUT2D eigenvalue weighted by Crippen LogP contribution is 2.32. The molecular formula is C10H24N4. The number of hydrogen-bond donors (Lipinski definition) is 3. The molecular weight excluding hydrogens is 176 g/mol. The van der Waals surface area contributed by atoms with Gasteiger partial charge in [-0.25, -0.2) is 0 Å². The summed E-state index contributed by atoms with van der Waals surface area (Å²) in [7, 11) is 2.12. The summed E-state index contributed by atoms with van der Waals surface area (Å²) < 4.78 is 0. The summed E-state index contributed by atoms with van der Waals surface area (Å²) in [5.74, 6) is 0. The lowest BCUT2D eigenvalue weighted by Crippen LogP contribution is -2.89. The Morgan fingerprint density at radius 1 is 1.29 bits per heavy atom. The fraction of sp³-hybridized carbons (Fsp3) is 1.00. The smallest absolute Gasteiger partial charge is 0.0964 e. The molecule has 0 aromatic rings. The molecule has 0 radical (unpaired) electrons. The van der Waals surface area contributed by atoms with Gasteiger partial charge in [0.25, 0.3) is 0 Å². The average Bonchev–Trinajstić information content (AvgIpc) is 2.19. The van der Waals surface area contributed by atoms with Crippen LogP contribution >= 0.6 is 0 Å². The van der Waals surface area contributed by atoms with E-state index in [4.69, 9.17) is 11.5 Å². The molecule has 1 unspecified atom stereocenters. The van der Waals surface area contributed by atoms with E-state index in [2.05, 4.69) is 17.3 Å². The van der Waals surface area contributed by atoms with Crippen molar-refractivity contribution in [3.8, 4) is 0 Å². The molecule has 1 spiro atoms. The zero-order valence-corrected chi connectivity index (χ0v) is 9.64. The number of nitrogens with zero attached hydrogens (tertiary/aromatic N) is 1. The summed E-state index contributed by atoms with van der Waals surface area (Å²) in [6.45, 7) is 6.90. The zero-order valence-electron chi connectivity index (χ0n) is 9.64. The van der Waals surface area contributed by atoms with E-state index in [1.807, 2.05) is 13.8 Å². The van der Waals surface area contributed by atoms with Crippen LogP contribution in [-0.2, 0) is 0 Å². The molecule has 0 saturated carbocycles. The van der Waals surface area contributed by atoms with Crippen LogP contribution in [0.2, 0.25) is 0 Å². The zero-order chi connectivity index (χ0) is 10.8. The summed E-state index contributed by atoms with van der Waals surface area (Å²) in [6.07, 6.45) is 2.31. The van der Waals surface area contributed by atoms with Gasteiger partial charge in [0.1, 0.15) is 0 Å². The van der Waals surface area contributed by atoms with E-state index in [9.17, 15) is 0 Å². The van der Waals surface area contributed by atoms with E-state index in [1.165, 1.54) is 13.0 Å². The Kier molecular flexibility index (Phi) is 3.53. The number of likely N-dealkylation sites (tertiary alicyclic amines) is 1. The van der Waals surface area contributed by atoms with Crippen LogP contribution in [0.15, 0.2) is 0 Å². The van der Waals surface area contributed by atoms with Crippen molar-refractivity contribution in [2.45, 2.75) is 37.9 Å². The lowest BCUT2D eigenvalue weighted by atomic mass is 9.72. The molecule has 2 aliphatic heterocycles. The topological polar surface area (TPSA) is 67.3 Å². The quantitative estimate of drug-likeness (QED) is 0.469. The molecule has 0 aliphatic carbocycles. The minimum Gasteiger partial charge on any atom is -0.311 e. The summed E-state index contributed by atoms with van der Waals surface area (Å²) >= 11 is 0. The van der Waals surface area contributed by atoms with E-state index < -0.39 is 5.66 Å². The Morgan fingerprint density at radius 2 is 1.93 bits per heavy atom. The summed E-state index contributed by atoms with van der Waals surface area (Å²) in [4.78, 5) is 2.30. The van der Waals surface area contributed by atoms with Crippen molar-refractivity contribution in [3.05, 3.63) is 0 Å². The molecule has 2 aliphatic rings. The first-order valence-corrected chi connectivity index (χ1v) is 5.57. The molecule has 5 N–H and O–H groups in total. The first-order valence-electron chi connectivity index (χ1n) is 5.57. The van der Waals surface area contributed by atoms with Crippen LogP contribution in [0.5, 0.6) is 0 Å². The van der Waals surface area contributed by atoms with E-state index >= 15 is 0 Å². The van der Waals surface area contributed by atoms with E-state index in [-0.39, 0.29) is 5.54 Å². The van der Waals surface area contributed by atoms with Crippen LogP contribution in [-0.4, -0.2) is 42.8 Å². The highest BCUT2D eigenvalue weighted by atomic mass is 15.3. The first kappa shape index (κ1) is 11.9. The van der Waals surface area contributed by atoms with Gasteiger partial charge in [0.2, 0.25) is 0 Å². The largest absolute Gasteiger partial charge is 0.311 e. The number of hydrogen-bond acceptors (Lipinski definition) is 4. The maximum Gasteiger partial charge on any atom is 0.0964 e. The molecule has 2 fully saturated rings. The van der Waals surface area contributed by atoms with Gasteiger partial charge in [-0.05, 0) is 26.4 Å². The standard InChI is InChI=1S/C8H18N4.C2H6/c1-12-4-2-3-7(6-12)8(9,10)5-11-7;1-2/h11H,2-6,9-10H2,1H3;1-2H3. The number of rotatable bonds is 0. The minimum absolute atomic E-state index is 0. The third kappa shape index (κ3) is 1.80. The molecule has 84 valence electrons. The molecule has 2 rings (SSSR count). The van der Waals surface area contributed by atoms with Crippen molar-refractivity contribution < 1.29 is 0 Å². The van der Waals surface area contributed by atoms with Crippen LogP contribution in [0.25, 0.3) is 0 Å². The monoisotopic (exact) mass is 200 g/mol. The Bertz CT molecular complexity index is 193. The van der Waals surface area contributed by atoms with Gasteiger partial charge < -0.3 is 21.7 Å². The van der Waals surface area contributed by atoms with Gasteiger partial charge in [0, 0.05) is 13.1 Å². The van der Waals surface area contributed by atoms with Crippen LogP contribution in [0, 0.1) is 0 Å². The highest BCUT2D eigenvalue weighted by molar-refractivity contribution is 5.17. The molecule has 0 bridgehead atoms. The van der Waals surface area contributed by atoms with Gasteiger partial charge in [-0.3, -0.25) is 0 Å². The molecule has 2 heterocycles. The van der Waals surface area contributed by atoms with E-state index in [1.54, 1.807) is 0 Å². The van der Waals surface area contributed by atoms with Gasteiger partial charge in [-0.2, -0.15) is 0 Å². The molecule has 4 heteroatoms. The number of piperidine rings is 1. The summed E-state index contributed by atoms with van der Waals surface area (Å²) in [5, 5.41) is 3.39. The highest BCUT2D eigenvalue weighted by Gasteiger charge is 2.55. The van der Waals surface area contributed by atoms with Crippen LogP contribution in [0.3, 0.4) is 0 Å². The molecule has 0 aromatic carbocycles. The first-order chi connectivity index (χ1) is 6.56. The predicted octanol–water partition coefficient (Wildman–Crippen LogP) is -0.306. The molecule has 0 aromatic heterocycles.